The van der Waals surface area contributed by atoms with Crippen LogP contribution in [0.4, 0.5) is 11.4 Å². The summed E-state index contributed by atoms with van der Waals surface area (Å²) in [5, 5.41) is 14.5. The quantitative estimate of drug-likeness (QED) is 0.666. The summed E-state index contributed by atoms with van der Waals surface area (Å²) in [5.41, 5.74) is 0.419. The Morgan fingerprint density at radius 2 is 2.33 bits per heavy atom. The fourth-order valence-electron chi connectivity index (χ4n) is 2.63. The van der Waals surface area contributed by atoms with Crippen molar-refractivity contribution in [3.63, 3.8) is 0 Å². The number of anilines is 1. The molecule has 1 aliphatic heterocycles. The molecule has 2 unspecified atom stereocenters. The van der Waals surface area contributed by atoms with Crippen molar-refractivity contribution in [3.8, 4) is 5.75 Å². The van der Waals surface area contributed by atoms with Crippen molar-refractivity contribution in [3.05, 3.63) is 28.3 Å². The van der Waals surface area contributed by atoms with E-state index in [4.69, 9.17) is 9.47 Å². The normalized spacial score (nSPS) is 25.4. The van der Waals surface area contributed by atoms with Crippen molar-refractivity contribution in [2.24, 2.45) is 0 Å². The van der Waals surface area contributed by atoms with Crippen LogP contribution >= 0.6 is 0 Å². The van der Waals surface area contributed by atoms with E-state index < -0.39 is 0 Å². The molecule has 1 aromatic carbocycles. The summed E-state index contributed by atoms with van der Waals surface area (Å²) in [6, 6.07) is 5.06. The van der Waals surface area contributed by atoms with Gasteiger partial charge >= 0.3 is 0 Å². The van der Waals surface area contributed by atoms with Crippen molar-refractivity contribution < 1.29 is 14.4 Å². The van der Waals surface area contributed by atoms with Gasteiger partial charge in [-0.2, -0.15) is 0 Å². The first-order chi connectivity index (χ1) is 9.97. The minimum atomic E-state index is -0.386. The van der Waals surface area contributed by atoms with Crippen LogP contribution in [0.5, 0.6) is 5.75 Å². The number of nitro benzene ring substituents is 1. The average molecular weight is 294 g/mol. The predicted octanol–water partition coefficient (Wildman–Crippen LogP) is 3.36. The highest BCUT2D eigenvalue weighted by atomic mass is 16.6. The molecule has 21 heavy (non-hydrogen) atoms. The summed E-state index contributed by atoms with van der Waals surface area (Å²) in [6.07, 6.45) is 2.61. The van der Waals surface area contributed by atoms with Gasteiger partial charge in [0.2, 0.25) is 0 Å². The monoisotopic (exact) mass is 294 g/mol. The molecule has 1 N–H and O–H groups in total. The van der Waals surface area contributed by atoms with Crippen LogP contribution in [0.1, 0.15) is 33.1 Å². The van der Waals surface area contributed by atoms with E-state index in [-0.39, 0.29) is 22.3 Å². The van der Waals surface area contributed by atoms with Gasteiger partial charge in [-0.25, -0.2) is 0 Å². The largest absolute Gasteiger partial charge is 0.496 e. The third kappa shape index (κ3) is 3.64. The van der Waals surface area contributed by atoms with Gasteiger partial charge in [-0.1, -0.05) is 6.92 Å². The number of ether oxygens (including phenoxy) is 2. The SMILES string of the molecule is CCC1(C)CC(Nc2ccc(OC)cc2[N+](=O)[O-])CCO1. The van der Waals surface area contributed by atoms with Crippen LogP contribution in [0.25, 0.3) is 0 Å². The molecule has 2 rings (SSSR count). The molecule has 0 saturated carbocycles. The van der Waals surface area contributed by atoms with Crippen LogP contribution in [-0.2, 0) is 4.74 Å². The molecule has 6 heteroatoms. The van der Waals surface area contributed by atoms with E-state index in [9.17, 15) is 10.1 Å². The van der Waals surface area contributed by atoms with Crippen LogP contribution in [0.2, 0.25) is 0 Å². The Morgan fingerprint density at radius 1 is 1.57 bits per heavy atom. The number of nitrogens with one attached hydrogen (secondary N) is 1. The standard InChI is InChI=1S/C15H22N2O4/c1-4-15(2)10-11(7-8-21-15)16-13-6-5-12(20-3)9-14(13)17(18)19/h5-6,9,11,16H,4,7-8,10H2,1-3H3. The van der Waals surface area contributed by atoms with Crippen LogP contribution in [0, 0.1) is 10.1 Å². The lowest BCUT2D eigenvalue weighted by molar-refractivity contribution is -0.384. The van der Waals surface area contributed by atoms with Gasteiger partial charge in [-0.05, 0) is 38.3 Å². The highest BCUT2D eigenvalue weighted by Crippen LogP contribution is 2.33. The van der Waals surface area contributed by atoms with E-state index in [1.165, 1.54) is 13.2 Å². The third-order valence-electron chi connectivity index (χ3n) is 4.10. The molecular weight excluding hydrogens is 272 g/mol. The Hall–Kier alpha value is -1.82. The first-order valence-electron chi connectivity index (χ1n) is 7.20. The zero-order valence-electron chi connectivity index (χ0n) is 12.7. The van der Waals surface area contributed by atoms with E-state index in [0.717, 1.165) is 19.3 Å². The minimum absolute atomic E-state index is 0.0408. The van der Waals surface area contributed by atoms with Crippen molar-refractivity contribution in [2.75, 3.05) is 19.0 Å². The molecule has 0 bridgehead atoms. The zero-order chi connectivity index (χ0) is 15.5. The number of nitrogens with zero attached hydrogens (tertiary/aromatic N) is 1. The van der Waals surface area contributed by atoms with Gasteiger partial charge in [0.25, 0.3) is 5.69 Å². The van der Waals surface area contributed by atoms with Gasteiger partial charge in [-0.3, -0.25) is 10.1 Å². The van der Waals surface area contributed by atoms with Crippen LogP contribution < -0.4 is 10.1 Å². The summed E-state index contributed by atoms with van der Waals surface area (Å²) >= 11 is 0. The maximum absolute atomic E-state index is 11.2. The van der Waals surface area contributed by atoms with Gasteiger partial charge < -0.3 is 14.8 Å². The van der Waals surface area contributed by atoms with E-state index in [0.29, 0.717) is 18.0 Å². The Labute approximate surface area is 124 Å². The second kappa shape index (κ2) is 6.30. The van der Waals surface area contributed by atoms with Crippen molar-refractivity contribution in [1.29, 1.82) is 0 Å². The average Bonchev–Trinajstić information content (AvgIpc) is 2.47. The van der Waals surface area contributed by atoms with Crippen molar-refractivity contribution in [2.45, 2.75) is 44.8 Å². The lowest BCUT2D eigenvalue weighted by Gasteiger charge is -2.38. The third-order valence-corrected chi connectivity index (χ3v) is 4.10. The van der Waals surface area contributed by atoms with Gasteiger partial charge in [0.05, 0.1) is 23.7 Å². The second-order valence-corrected chi connectivity index (χ2v) is 5.63. The van der Waals surface area contributed by atoms with Gasteiger partial charge in [0.15, 0.2) is 0 Å². The van der Waals surface area contributed by atoms with E-state index in [1.807, 2.05) is 0 Å². The van der Waals surface area contributed by atoms with E-state index in [2.05, 4.69) is 19.2 Å². The number of rotatable bonds is 5. The van der Waals surface area contributed by atoms with E-state index >= 15 is 0 Å². The van der Waals surface area contributed by atoms with E-state index in [1.54, 1.807) is 12.1 Å². The smallest absolute Gasteiger partial charge is 0.296 e. The molecule has 0 aliphatic carbocycles. The fourth-order valence-corrected chi connectivity index (χ4v) is 2.63. The Kier molecular flexibility index (Phi) is 4.67. The molecule has 1 heterocycles. The molecule has 1 aromatic rings. The predicted molar refractivity (Wildman–Crippen MR) is 80.9 cm³/mol. The summed E-state index contributed by atoms with van der Waals surface area (Å²) in [5.74, 6) is 0.484. The molecular formula is C15H22N2O4. The molecule has 0 spiro atoms. The molecule has 116 valence electrons. The molecule has 0 amide bonds. The van der Waals surface area contributed by atoms with Crippen LogP contribution in [-0.4, -0.2) is 30.3 Å². The molecule has 1 fully saturated rings. The second-order valence-electron chi connectivity index (χ2n) is 5.63. The molecule has 0 aromatic heterocycles. The van der Waals surface area contributed by atoms with Crippen LogP contribution in [0.15, 0.2) is 18.2 Å². The van der Waals surface area contributed by atoms with Crippen molar-refractivity contribution in [1.82, 2.24) is 0 Å². The molecule has 6 nitrogen and oxygen atoms in total. The Morgan fingerprint density at radius 3 is 2.95 bits per heavy atom. The lowest BCUT2D eigenvalue weighted by atomic mass is 9.90. The number of methoxy groups -OCH3 is 1. The molecule has 1 saturated heterocycles. The fraction of sp³-hybridized carbons (Fsp3) is 0.600. The number of hydrogen-bond acceptors (Lipinski definition) is 5. The zero-order valence-corrected chi connectivity index (χ0v) is 12.7. The topological polar surface area (TPSA) is 73.6 Å². The highest BCUT2D eigenvalue weighted by molar-refractivity contribution is 5.64. The Bertz CT molecular complexity index is 520. The van der Waals surface area contributed by atoms with Crippen molar-refractivity contribution >= 4 is 11.4 Å². The number of nitro groups is 1. The summed E-state index contributed by atoms with van der Waals surface area (Å²) in [4.78, 5) is 10.8. The summed E-state index contributed by atoms with van der Waals surface area (Å²) in [7, 11) is 1.50. The summed E-state index contributed by atoms with van der Waals surface area (Å²) in [6.45, 7) is 4.85. The van der Waals surface area contributed by atoms with Crippen LogP contribution in [0.3, 0.4) is 0 Å². The number of hydrogen-bond donors (Lipinski definition) is 1. The lowest BCUT2D eigenvalue weighted by Crippen LogP contribution is -2.41. The number of benzene rings is 1. The Balaban J connectivity index is 2.17. The molecule has 2 atom stereocenters. The maximum Gasteiger partial charge on any atom is 0.296 e. The summed E-state index contributed by atoms with van der Waals surface area (Å²) < 4.78 is 10.9. The molecule has 0 radical (unpaired) electrons. The first-order valence-corrected chi connectivity index (χ1v) is 7.20. The van der Waals surface area contributed by atoms with Gasteiger partial charge in [0.1, 0.15) is 11.4 Å². The van der Waals surface area contributed by atoms with Gasteiger partial charge in [0, 0.05) is 12.6 Å². The van der Waals surface area contributed by atoms with Gasteiger partial charge in [-0.15, -0.1) is 0 Å². The maximum atomic E-state index is 11.2. The highest BCUT2D eigenvalue weighted by Gasteiger charge is 2.32. The first kappa shape index (κ1) is 15.6. The molecule has 1 aliphatic rings. The minimum Gasteiger partial charge on any atom is -0.496 e.